The van der Waals surface area contributed by atoms with Gasteiger partial charge in [-0.3, -0.25) is 4.90 Å². The van der Waals surface area contributed by atoms with Gasteiger partial charge in [-0.1, -0.05) is 6.07 Å². The Morgan fingerprint density at radius 2 is 2.12 bits per heavy atom. The zero-order valence-electron chi connectivity index (χ0n) is 10.1. The second kappa shape index (κ2) is 5.47. The van der Waals surface area contributed by atoms with E-state index in [9.17, 15) is 9.50 Å². The van der Waals surface area contributed by atoms with Crippen LogP contribution in [0.25, 0.3) is 0 Å². The summed E-state index contributed by atoms with van der Waals surface area (Å²) in [5.74, 6) is 0.257. The minimum absolute atomic E-state index is 0.257. The molecule has 1 saturated heterocycles. The lowest BCUT2D eigenvalue weighted by molar-refractivity contribution is 0.230. The van der Waals surface area contributed by atoms with Crippen molar-refractivity contribution in [1.82, 2.24) is 10.2 Å². The van der Waals surface area contributed by atoms with Gasteiger partial charge in [-0.2, -0.15) is 0 Å². The fraction of sp³-hybridized carbons (Fsp3) is 0.538. The fourth-order valence-corrected chi connectivity index (χ4v) is 2.09. The molecular formula is C13H19FN2O. The molecule has 0 bridgehead atoms. The van der Waals surface area contributed by atoms with Gasteiger partial charge in [-0.25, -0.2) is 4.39 Å². The maximum absolute atomic E-state index is 13.2. The van der Waals surface area contributed by atoms with E-state index in [0.29, 0.717) is 12.1 Å². The van der Waals surface area contributed by atoms with Crippen molar-refractivity contribution in [2.24, 2.45) is 0 Å². The topological polar surface area (TPSA) is 35.5 Å². The van der Waals surface area contributed by atoms with Crippen LogP contribution in [0.15, 0.2) is 18.2 Å². The number of hydrogen-bond acceptors (Lipinski definition) is 3. The van der Waals surface area contributed by atoms with Gasteiger partial charge in [0.15, 0.2) is 0 Å². The fourth-order valence-electron chi connectivity index (χ4n) is 2.09. The number of hydrogen-bond donors (Lipinski definition) is 2. The molecule has 1 atom stereocenters. The summed E-state index contributed by atoms with van der Waals surface area (Å²) in [6, 6.07) is 4.99. The molecule has 1 aromatic carbocycles. The van der Waals surface area contributed by atoms with E-state index in [1.165, 1.54) is 6.92 Å². The molecule has 0 radical (unpaired) electrons. The second-order valence-electron chi connectivity index (χ2n) is 4.53. The SMILES string of the molecule is CC(F)c1ccc(O)c(CN2CCNCC2)c1. The van der Waals surface area contributed by atoms with Crippen LogP contribution in [-0.4, -0.2) is 36.2 Å². The van der Waals surface area contributed by atoms with Crippen LogP contribution in [0.4, 0.5) is 4.39 Å². The van der Waals surface area contributed by atoms with Gasteiger partial charge in [-0.15, -0.1) is 0 Å². The molecule has 1 unspecified atom stereocenters. The van der Waals surface area contributed by atoms with Gasteiger partial charge in [0.2, 0.25) is 0 Å². The summed E-state index contributed by atoms with van der Waals surface area (Å²) in [7, 11) is 0. The molecule has 0 saturated carbocycles. The number of alkyl halides is 1. The maximum atomic E-state index is 13.2. The highest BCUT2D eigenvalue weighted by Gasteiger charge is 2.13. The molecule has 0 amide bonds. The Morgan fingerprint density at radius 1 is 1.41 bits per heavy atom. The number of phenolic OH excluding ortho intramolecular Hbond substituents is 1. The monoisotopic (exact) mass is 238 g/mol. The third kappa shape index (κ3) is 3.17. The molecule has 0 aliphatic carbocycles. The van der Waals surface area contributed by atoms with Crippen LogP contribution in [0.1, 0.15) is 24.2 Å². The summed E-state index contributed by atoms with van der Waals surface area (Å²) in [4.78, 5) is 2.26. The molecule has 1 aliphatic heterocycles. The summed E-state index contributed by atoms with van der Waals surface area (Å²) >= 11 is 0. The first kappa shape index (κ1) is 12.3. The zero-order chi connectivity index (χ0) is 12.3. The van der Waals surface area contributed by atoms with Gasteiger partial charge in [-0.05, 0) is 24.6 Å². The Morgan fingerprint density at radius 3 is 2.76 bits per heavy atom. The Balaban J connectivity index is 2.10. The smallest absolute Gasteiger partial charge is 0.122 e. The van der Waals surface area contributed by atoms with Crippen molar-refractivity contribution < 1.29 is 9.50 Å². The average molecular weight is 238 g/mol. The van der Waals surface area contributed by atoms with E-state index in [4.69, 9.17) is 0 Å². The molecule has 2 rings (SSSR count). The zero-order valence-corrected chi connectivity index (χ0v) is 10.1. The van der Waals surface area contributed by atoms with Gasteiger partial charge in [0.1, 0.15) is 11.9 Å². The van der Waals surface area contributed by atoms with Crippen LogP contribution in [0.2, 0.25) is 0 Å². The van der Waals surface area contributed by atoms with Crippen LogP contribution in [-0.2, 0) is 6.54 Å². The minimum Gasteiger partial charge on any atom is -0.508 e. The molecule has 4 heteroatoms. The second-order valence-corrected chi connectivity index (χ2v) is 4.53. The predicted molar refractivity (Wildman–Crippen MR) is 65.8 cm³/mol. The van der Waals surface area contributed by atoms with Crippen LogP contribution in [0.5, 0.6) is 5.75 Å². The molecular weight excluding hydrogens is 219 g/mol. The molecule has 0 aromatic heterocycles. The molecule has 2 N–H and O–H groups in total. The largest absolute Gasteiger partial charge is 0.508 e. The van der Waals surface area contributed by atoms with E-state index in [1.807, 2.05) is 0 Å². The molecule has 1 fully saturated rings. The summed E-state index contributed by atoms with van der Waals surface area (Å²) in [6.45, 7) is 6.08. The van der Waals surface area contributed by atoms with E-state index in [-0.39, 0.29) is 5.75 Å². The lowest BCUT2D eigenvalue weighted by atomic mass is 10.1. The number of halogens is 1. The average Bonchev–Trinajstić information content (AvgIpc) is 2.33. The lowest BCUT2D eigenvalue weighted by Crippen LogP contribution is -2.42. The molecule has 1 heterocycles. The molecule has 1 aliphatic rings. The Kier molecular flexibility index (Phi) is 3.97. The number of piperazine rings is 1. The van der Waals surface area contributed by atoms with Crippen LogP contribution >= 0.6 is 0 Å². The lowest BCUT2D eigenvalue weighted by Gasteiger charge is -2.27. The molecule has 0 spiro atoms. The number of phenols is 1. The van der Waals surface area contributed by atoms with Crippen molar-refractivity contribution in [2.45, 2.75) is 19.6 Å². The summed E-state index contributed by atoms with van der Waals surface area (Å²) in [5.41, 5.74) is 1.45. The van der Waals surface area contributed by atoms with Crippen LogP contribution in [0, 0.1) is 0 Å². The molecule has 94 valence electrons. The van der Waals surface area contributed by atoms with Gasteiger partial charge in [0.25, 0.3) is 0 Å². The number of nitrogens with one attached hydrogen (secondary N) is 1. The maximum Gasteiger partial charge on any atom is 0.122 e. The van der Waals surface area contributed by atoms with Gasteiger partial charge >= 0.3 is 0 Å². The number of nitrogens with zero attached hydrogens (tertiary/aromatic N) is 1. The standard InChI is InChI=1S/C13H19FN2O/c1-10(14)11-2-3-13(17)12(8-11)9-16-6-4-15-5-7-16/h2-3,8,10,15,17H,4-7,9H2,1H3. The first-order valence-electron chi connectivity index (χ1n) is 6.06. The van der Waals surface area contributed by atoms with E-state index in [0.717, 1.165) is 31.7 Å². The van der Waals surface area contributed by atoms with E-state index < -0.39 is 6.17 Å². The number of benzene rings is 1. The first-order chi connectivity index (χ1) is 8.16. The highest BCUT2D eigenvalue weighted by Crippen LogP contribution is 2.25. The highest BCUT2D eigenvalue weighted by molar-refractivity contribution is 5.36. The Bertz CT molecular complexity index is 376. The van der Waals surface area contributed by atoms with Crippen molar-refractivity contribution in [2.75, 3.05) is 26.2 Å². The van der Waals surface area contributed by atoms with Crippen molar-refractivity contribution in [3.8, 4) is 5.75 Å². The normalized spacial score (nSPS) is 19.2. The quantitative estimate of drug-likeness (QED) is 0.843. The Hall–Kier alpha value is -1.13. The van der Waals surface area contributed by atoms with Crippen LogP contribution in [0.3, 0.4) is 0 Å². The van der Waals surface area contributed by atoms with E-state index in [2.05, 4.69) is 10.2 Å². The van der Waals surface area contributed by atoms with Crippen LogP contribution < -0.4 is 5.32 Å². The third-order valence-electron chi connectivity index (χ3n) is 3.17. The highest BCUT2D eigenvalue weighted by atomic mass is 19.1. The molecule has 17 heavy (non-hydrogen) atoms. The number of rotatable bonds is 3. The van der Waals surface area contributed by atoms with Gasteiger partial charge in [0.05, 0.1) is 0 Å². The Labute approximate surface area is 101 Å². The van der Waals surface area contributed by atoms with Crippen molar-refractivity contribution in [3.05, 3.63) is 29.3 Å². The van der Waals surface area contributed by atoms with Crippen molar-refractivity contribution in [3.63, 3.8) is 0 Å². The predicted octanol–water partition coefficient (Wildman–Crippen LogP) is 1.83. The van der Waals surface area contributed by atoms with Gasteiger partial charge in [0, 0.05) is 38.3 Å². The number of aromatic hydroxyl groups is 1. The molecule has 1 aromatic rings. The van der Waals surface area contributed by atoms with E-state index in [1.54, 1.807) is 18.2 Å². The third-order valence-corrected chi connectivity index (χ3v) is 3.17. The first-order valence-corrected chi connectivity index (χ1v) is 6.06. The summed E-state index contributed by atoms with van der Waals surface area (Å²) in [5, 5.41) is 13.1. The van der Waals surface area contributed by atoms with Crippen molar-refractivity contribution >= 4 is 0 Å². The summed E-state index contributed by atoms with van der Waals surface area (Å²) < 4.78 is 13.2. The van der Waals surface area contributed by atoms with Crippen molar-refractivity contribution in [1.29, 1.82) is 0 Å². The van der Waals surface area contributed by atoms with Gasteiger partial charge < -0.3 is 10.4 Å². The summed E-state index contributed by atoms with van der Waals surface area (Å²) in [6.07, 6.45) is -0.989. The molecule has 3 nitrogen and oxygen atoms in total. The van der Waals surface area contributed by atoms with E-state index >= 15 is 0 Å². The minimum atomic E-state index is -0.989.